The molecule has 1 atom stereocenters. The summed E-state index contributed by atoms with van der Waals surface area (Å²) in [6, 6.07) is 14.8. The maximum atomic E-state index is 12.3. The molecule has 0 aliphatic carbocycles. The molecule has 0 saturated carbocycles. The van der Waals surface area contributed by atoms with Gasteiger partial charge >= 0.3 is 5.97 Å². The van der Waals surface area contributed by atoms with Crippen LogP contribution in [0, 0.1) is 6.92 Å². The minimum atomic E-state index is -0.761. The van der Waals surface area contributed by atoms with Crippen molar-refractivity contribution in [1.82, 2.24) is 10.3 Å². The van der Waals surface area contributed by atoms with Gasteiger partial charge in [-0.15, -0.1) is 0 Å². The number of rotatable bonds is 6. The number of fused-ring (bicyclic) bond motifs is 1. The Balaban J connectivity index is 1.74. The van der Waals surface area contributed by atoms with Gasteiger partial charge in [-0.3, -0.25) is 4.79 Å². The van der Waals surface area contributed by atoms with E-state index in [0.717, 1.165) is 27.6 Å². The lowest BCUT2D eigenvalue weighted by Gasteiger charge is -2.15. The van der Waals surface area contributed by atoms with Gasteiger partial charge in [-0.1, -0.05) is 42.5 Å². The van der Waals surface area contributed by atoms with E-state index in [9.17, 15) is 9.59 Å². The van der Waals surface area contributed by atoms with Gasteiger partial charge in [0.05, 0.1) is 7.11 Å². The highest BCUT2D eigenvalue weighted by atomic mass is 16.5. The van der Waals surface area contributed by atoms with E-state index in [2.05, 4.69) is 10.3 Å². The average Bonchev–Trinajstić information content (AvgIpc) is 3.09. The van der Waals surface area contributed by atoms with E-state index in [0.29, 0.717) is 6.42 Å². The summed E-state index contributed by atoms with van der Waals surface area (Å²) in [5.74, 6) is -0.814. The number of hydrogen-bond donors (Lipinski definition) is 2. The third-order valence-electron chi connectivity index (χ3n) is 4.50. The lowest BCUT2D eigenvalue weighted by Crippen LogP contribution is -2.42. The van der Waals surface area contributed by atoms with Gasteiger partial charge in [0.25, 0.3) is 0 Å². The van der Waals surface area contributed by atoms with Crippen LogP contribution in [0.4, 0.5) is 0 Å². The molecule has 5 nitrogen and oxygen atoms in total. The Morgan fingerprint density at radius 2 is 1.89 bits per heavy atom. The quantitative estimate of drug-likeness (QED) is 0.522. The highest BCUT2D eigenvalue weighted by Gasteiger charge is 2.22. The van der Waals surface area contributed by atoms with Crippen molar-refractivity contribution in [1.29, 1.82) is 0 Å². The van der Waals surface area contributed by atoms with Gasteiger partial charge in [0.2, 0.25) is 5.91 Å². The summed E-state index contributed by atoms with van der Waals surface area (Å²) in [5, 5.41) is 3.77. The fraction of sp³-hybridized carbons (Fsp3) is 0.182. The van der Waals surface area contributed by atoms with Crippen molar-refractivity contribution in [2.45, 2.75) is 19.4 Å². The third-order valence-corrected chi connectivity index (χ3v) is 4.50. The summed E-state index contributed by atoms with van der Waals surface area (Å²) in [7, 11) is 1.32. The zero-order valence-electron chi connectivity index (χ0n) is 15.4. The zero-order valence-corrected chi connectivity index (χ0v) is 15.4. The number of carbonyl (C=O) groups is 2. The van der Waals surface area contributed by atoms with Gasteiger partial charge in [-0.05, 0) is 35.8 Å². The largest absolute Gasteiger partial charge is 0.467 e. The topological polar surface area (TPSA) is 71.2 Å². The molecule has 0 fully saturated rings. The van der Waals surface area contributed by atoms with Crippen LogP contribution in [0.25, 0.3) is 17.0 Å². The molecule has 1 aromatic heterocycles. The van der Waals surface area contributed by atoms with Gasteiger partial charge in [-0.2, -0.15) is 0 Å². The third kappa shape index (κ3) is 4.44. The Bertz CT molecular complexity index is 988. The molecule has 2 aromatic carbocycles. The monoisotopic (exact) mass is 362 g/mol. The van der Waals surface area contributed by atoms with E-state index in [1.165, 1.54) is 13.2 Å². The minimum Gasteiger partial charge on any atom is -0.467 e. The predicted octanol–water partition coefficient (Wildman–Crippen LogP) is 3.39. The van der Waals surface area contributed by atoms with Gasteiger partial charge in [-0.25, -0.2) is 4.79 Å². The van der Waals surface area contributed by atoms with Crippen molar-refractivity contribution in [2.75, 3.05) is 7.11 Å². The highest BCUT2D eigenvalue weighted by Crippen LogP contribution is 2.19. The number of aryl methyl sites for hydroxylation is 1. The number of para-hydroxylation sites is 1. The van der Waals surface area contributed by atoms with Crippen molar-refractivity contribution >= 4 is 28.9 Å². The van der Waals surface area contributed by atoms with Crippen molar-refractivity contribution in [3.8, 4) is 0 Å². The zero-order chi connectivity index (χ0) is 19.2. The number of benzene rings is 2. The first-order valence-corrected chi connectivity index (χ1v) is 8.75. The Hall–Kier alpha value is -3.34. The van der Waals surface area contributed by atoms with Crippen molar-refractivity contribution in [2.24, 2.45) is 0 Å². The molecule has 3 aromatic rings. The Morgan fingerprint density at radius 3 is 2.67 bits per heavy atom. The molecular weight excluding hydrogens is 340 g/mol. The molecule has 0 aliphatic heterocycles. The Morgan fingerprint density at radius 1 is 1.15 bits per heavy atom. The molecule has 0 bridgehead atoms. The van der Waals surface area contributed by atoms with E-state index in [4.69, 9.17) is 4.74 Å². The van der Waals surface area contributed by atoms with Crippen LogP contribution < -0.4 is 5.32 Å². The van der Waals surface area contributed by atoms with Gasteiger partial charge in [0.15, 0.2) is 0 Å². The maximum Gasteiger partial charge on any atom is 0.328 e. The summed E-state index contributed by atoms with van der Waals surface area (Å²) in [4.78, 5) is 27.7. The first-order chi connectivity index (χ1) is 13.1. The van der Waals surface area contributed by atoms with E-state index >= 15 is 0 Å². The molecule has 0 spiro atoms. The SMILES string of the molecule is COC(=O)[C@H](Cc1c[nH]c2ccccc12)NC(=O)C=Cc1ccccc1C. The molecule has 2 N–H and O–H groups in total. The molecule has 5 heteroatoms. The van der Waals surface area contributed by atoms with Crippen molar-refractivity contribution in [3.63, 3.8) is 0 Å². The number of aromatic amines is 1. The molecule has 0 unspecified atom stereocenters. The molecule has 0 aliphatic rings. The second kappa shape index (κ2) is 8.36. The summed E-state index contributed by atoms with van der Waals surface area (Å²) >= 11 is 0. The normalized spacial score (nSPS) is 12.2. The van der Waals surface area contributed by atoms with Crippen LogP contribution in [0.1, 0.15) is 16.7 Å². The Labute approximate surface area is 158 Å². The van der Waals surface area contributed by atoms with Crippen LogP contribution >= 0.6 is 0 Å². The second-order valence-corrected chi connectivity index (χ2v) is 6.34. The summed E-state index contributed by atoms with van der Waals surface area (Å²) in [6.07, 6.45) is 5.38. The molecule has 1 heterocycles. The average molecular weight is 362 g/mol. The Kier molecular flexibility index (Phi) is 5.71. The number of aromatic nitrogens is 1. The fourth-order valence-corrected chi connectivity index (χ4v) is 3.02. The van der Waals surface area contributed by atoms with Crippen LogP contribution in [-0.2, 0) is 20.7 Å². The number of ether oxygens (including phenoxy) is 1. The molecule has 3 rings (SSSR count). The fourth-order valence-electron chi connectivity index (χ4n) is 3.02. The smallest absolute Gasteiger partial charge is 0.328 e. The summed E-state index contributed by atoms with van der Waals surface area (Å²) < 4.78 is 4.87. The number of H-pyrrole nitrogens is 1. The number of methoxy groups -OCH3 is 1. The van der Waals surface area contributed by atoms with Gasteiger partial charge < -0.3 is 15.0 Å². The van der Waals surface area contributed by atoms with Crippen LogP contribution in [0.3, 0.4) is 0 Å². The summed E-state index contributed by atoms with van der Waals surface area (Å²) in [5.41, 5.74) is 3.97. The molecule has 27 heavy (non-hydrogen) atoms. The van der Waals surface area contributed by atoms with E-state index in [1.807, 2.05) is 61.7 Å². The van der Waals surface area contributed by atoms with Gasteiger partial charge in [0, 0.05) is 29.6 Å². The van der Waals surface area contributed by atoms with Gasteiger partial charge in [0.1, 0.15) is 6.04 Å². The van der Waals surface area contributed by atoms with E-state index in [-0.39, 0.29) is 5.91 Å². The highest BCUT2D eigenvalue weighted by molar-refractivity contribution is 5.95. The minimum absolute atomic E-state index is 0.339. The van der Waals surface area contributed by atoms with E-state index in [1.54, 1.807) is 6.08 Å². The van der Waals surface area contributed by atoms with Crippen molar-refractivity contribution in [3.05, 3.63) is 77.5 Å². The standard InChI is InChI=1S/C22H22N2O3/c1-15-7-3-4-8-16(15)11-12-21(25)24-20(22(26)27-2)13-17-14-23-19-10-6-5-9-18(17)19/h3-12,14,20,23H,13H2,1-2H3,(H,24,25)/t20-/m0/s1. The number of amides is 1. The first kappa shape index (κ1) is 18.5. The van der Waals surface area contributed by atoms with Crippen LogP contribution in [-0.4, -0.2) is 30.0 Å². The number of carbonyl (C=O) groups excluding carboxylic acids is 2. The molecule has 0 radical (unpaired) electrons. The number of hydrogen-bond acceptors (Lipinski definition) is 3. The molecule has 0 saturated heterocycles. The number of nitrogens with one attached hydrogen (secondary N) is 2. The summed E-state index contributed by atoms with van der Waals surface area (Å²) in [6.45, 7) is 1.98. The molecule has 138 valence electrons. The molecular formula is C22H22N2O3. The maximum absolute atomic E-state index is 12.3. The van der Waals surface area contributed by atoms with Crippen LogP contribution in [0.2, 0.25) is 0 Å². The predicted molar refractivity (Wildman–Crippen MR) is 106 cm³/mol. The van der Waals surface area contributed by atoms with Crippen LogP contribution in [0.5, 0.6) is 0 Å². The molecule has 1 amide bonds. The van der Waals surface area contributed by atoms with E-state index < -0.39 is 12.0 Å². The first-order valence-electron chi connectivity index (χ1n) is 8.75. The van der Waals surface area contributed by atoms with Crippen molar-refractivity contribution < 1.29 is 14.3 Å². The number of esters is 1. The lowest BCUT2D eigenvalue weighted by molar-refractivity contribution is -0.144. The van der Waals surface area contributed by atoms with Crippen LogP contribution in [0.15, 0.2) is 60.8 Å². The lowest BCUT2D eigenvalue weighted by atomic mass is 10.0. The second-order valence-electron chi connectivity index (χ2n) is 6.34.